The second kappa shape index (κ2) is 10.4. The molecule has 2 aliphatic heterocycles. The third kappa shape index (κ3) is 4.98. The average molecular weight is 530 g/mol. The van der Waals surface area contributed by atoms with Crippen LogP contribution in [0.3, 0.4) is 0 Å². The minimum Gasteiger partial charge on any atom is -0.354 e. The van der Waals surface area contributed by atoms with Crippen molar-refractivity contribution >= 4 is 33.4 Å². The van der Waals surface area contributed by atoms with Crippen molar-refractivity contribution in [3.05, 3.63) is 68.0 Å². The van der Waals surface area contributed by atoms with Crippen molar-refractivity contribution in [2.24, 2.45) is 0 Å². The minimum atomic E-state index is -0.709. The lowest BCUT2D eigenvalue weighted by Crippen LogP contribution is -2.52. The van der Waals surface area contributed by atoms with Crippen molar-refractivity contribution < 1.29 is 9.59 Å². The molecule has 2 saturated heterocycles. The Hall–Kier alpha value is -3.16. The lowest BCUT2D eigenvalue weighted by molar-refractivity contribution is 0.0576. The molecule has 0 atom stereocenters. The molecule has 2 aromatic carbocycles. The highest BCUT2D eigenvalue weighted by Crippen LogP contribution is 2.27. The third-order valence-electron chi connectivity index (χ3n) is 8.93. The Morgan fingerprint density at radius 3 is 1.33 bits per heavy atom. The monoisotopic (exact) mass is 529 g/mol. The number of nitrogens with one attached hydrogen (secondary N) is 1. The summed E-state index contributed by atoms with van der Waals surface area (Å²) in [5, 5.41) is 0.357. The van der Waals surface area contributed by atoms with Gasteiger partial charge in [-0.1, -0.05) is 12.8 Å². The first-order valence-corrected chi connectivity index (χ1v) is 14.3. The summed E-state index contributed by atoms with van der Waals surface area (Å²) in [5.74, 6) is -0.135. The largest absolute Gasteiger partial charge is 0.354 e. The topological polar surface area (TPSA) is 90.5 Å². The van der Waals surface area contributed by atoms with Gasteiger partial charge in [-0.25, -0.2) is 0 Å². The molecule has 2 fully saturated rings. The highest BCUT2D eigenvalue weighted by atomic mass is 16.2. The fourth-order valence-corrected chi connectivity index (χ4v) is 6.25. The Morgan fingerprint density at radius 2 is 0.974 bits per heavy atom. The van der Waals surface area contributed by atoms with E-state index < -0.39 is 21.9 Å². The van der Waals surface area contributed by atoms with Crippen molar-refractivity contribution in [1.82, 2.24) is 14.8 Å². The molecule has 1 aromatic heterocycles. The lowest BCUT2D eigenvalue weighted by Gasteiger charge is -2.39. The summed E-state index contributed by atoms with van der Waals surface area (Å²) in [4.78, 5) is 61.7. The van der Waals surface area contributed by atoms with Crippen LogP contribution in [0.2, 0.25) is 0 Å². The smallest absolute Gasteiger partial charge is 0.235 e. The number of aromatic amines is 1. The minimum absolute atomic E-state index is 0.0676. The average Bonchev–Trinajstić information content (AvgIpc) is 3.06. The number of piperidine rings is 2. The first-order chi connectivity index (χ1) is 18.5. The molecular formula is C32H39N3O4. The van der Waals surface area contributed by atoms with Crippen molar-refractivity contribution in [3.63, 3.8) is 0 Å². The standard InChI is InChI=1S/C32H39N3O4/c1-31(2,34-15-7-5-8-16-34)29(38)21-11-13-25-23(19-21)27(36)28(37)24-20-22(12-14-26(24)33-25)30(39)32(3,4)35-17-9-6-10-18-35/h11-14,19-20,33H,5-10,15-18H2,1-4H3. The summed E-state index contributed by atoms with van der Waals surface area (Å²) in [7, 11) is 0. The van der Waals surface area contributed by atoms with Gasteiger partial charge < -0.3 is 4.98 Å². The van der Waals surface area contributed by atoms with E-state index in [0.717, 1.165) is 51.9 Å². The number of hydrogen-bond donors (Lipinski definition) is 1. The molecule has 0 bridgehead atoms. The van der Waals surface area contributed by atoms with Crippen LogP contribution in [0.1, 0.15) is 86.9 Å². The van der Waals surface area contributed by atoms with E-state index in [-0.39, 0.29) is 22.3 Å². The number of carbonyl (C=O) groups is 2. The molecule has 5 rings (SSSR count). The van der Waals surface area contributed by atoms with Crippen LogP contribution in [0, 0.1) is 0 Å². The lowest BCUT2D eigenvalue weighted by atomic mass is 9.89. The molecule has 0 radical (unpaired) electrons. The van der Waals surface area contributed by atoms with Crippen LogP contribution in [-0.4, -0.2) is 63.6 Å². The SMILES string of the molecule is CC(C)(C(=O)c1ccc2[nH]c3ccc(C(=O)C(C)(C)N4CCCCC4)cc3c(=O)c(=O)c2c1)N1CCCCC1. The molecule has 0 aliphatic carbocycles. The molecular weight excluding hydrogens is 490 g/mol. The summed E-state index contributed by atoms with van der Waals surface area (Å²) in [5.41, 5.74) is -0.990. The number of hydrogen-bond acceptors (Lipinski definition) is 6. The number of likely N-dealkylation sites (tertiary alicyclic amines) is 2. The van der Waals surface area contributed by atoms with Crippen LogP contribution in [0.15, 0.2) is 46.0 Å². The molecule has 206 valence electrons. The number of aromatic nitrogens is 1. The fourth-order valence-electron chi connectivity index (χ4n) is 6.25. The summed E-state index contributed by atoms with van der Waals surface area (Å²) in [6.45, 7) is 11.2. The number of carbonyl (C=O) groups excluding carboxylic acids is 2. The zero-order valence-corrected chi connectivity index (χ0v) is 23.6. The van der Waals surface area contributed by atoms with E-state index in [1.165, 1.54) is 12.8 Å². The maximum Gasteiger partial charge on any atom is 0.235 e. The van der Waals surface area contributed by atoms with E-state index >= 15 is 0 Å². The van der Waals surface area contributed by atoms with E-state index in [1.54, 1.807) is 36.4 Å². The fraction of sp³-hybridized carbons (Fsp3) is 0.500. The first kappa shape index (κ1) is 27.4. The van der Waals surface area contributed by atoms with Crippen LogP contribution in [0.25, 0.3) is 21.8 Å². The summed E-state index contributed by atoms with van der Waals surface area (Å²) in [6, 6.07) is 9.95. The number of H-pyrrole nitrogens is 1. The Morgan fingerprint density at radius 1 is 0.615 bits per heavy atom. The van der Waals surface area contributed by atoms with E-state index in [9.17, 15) is 19.2 Å². The van der Waals surface area contributed by atoms with Gasteiger partial charge in [0, 0.05) is 22.2 Å². The van der Waals surface area contributed by atoms with Gasteiger partial charge in [0.05, 0.1) is 21.9 Å². The second-order valence-electron chi connectivity index (χ2n) is 12.2. The highest BCUT2D eigenvalue weighted by Gasteiger charge is 2.37. The zero-order chi connectivity index (χ0) is 27.9. The van der Waals surface area contributed by atoms with Gasteiger partial charge in [0.25, 0.3) is 0 Å². The van der Waals surface area contributed by atoms with Gasteiger partial charge in [-0.15, -0.1) is 0 Å². The Labute approximate surface area is 229 Å². The maximum atomic E-state index is 13.6. The van der Waals surface area contributed by atoms with Crippen molar-refractivity contribution in [3.8, 4) is 0 Å². The predicted molar refractivity (Wildman–Crippen MR) is 156 cm³/mol. The van der Waals surface area contributed by atoms with Gasteiger partial charge in [0.2, 0.25) is 10.9 Å². The quantitative estimate of drug-likeness (QED) is 0.360. The molecule has 0 unspecified atom stereocenters. The Kier molecular flexibility index (Phi) is 7.33. The van der Waals surface area contributed by atoms with Gasteiger partial charge in [-0.2, -0.15) is 0 Å². The Bertz CT molecular complexity index is 1440. The van der Waals surface area contributed by atoms with Gasteiger partial charge in [-0.05, 0) is 116 Å². The van der Waals surface area contributed by atoms with Crippen molar-refractivity contribution in [1.29, 1.82) is 0 Å². The molecule has 3 aromatic rings. The number of rotatable bonds is 6. The van der Waals surface area contributed by atoms with Gasteiger partial charge in [-0.3, -0.25) is 29.0 Å². The molecule has 0 saturated carbocycles. The van der Waals surface area contributed by atoms with Gasteiger partial charge in [0.1, 0.15) is 0 Å². The highest BCUT2D eigenvalue weighted by molar-refractivity contribution is 6.06. The first-order valence-electron chi connectivity index (χ1n) is 14.3. The number of fused-ring (bicyclic) bond motifs is 2. The molecule has 0 amide bonds. The summed E-state index contributed by atoms with van der Waals surface area (Å²) in [6.07, 6.45) is 6.61. The Balaban J connectivity index is 1.56. The van der Waals surface area contributed by atoms with Gasteiger partial charge >= 0.3 is 0 Å². The molecule has 7 heteroatoms. The number of nitrogens with zero attached hydrogens (tertiary/aromatic N) is 2. The van der Waals surface area contributed by atoms with Crippen LogP contribution in [0.4, 0.5) is 0 Å². The van der Waals surface area contributed by atoms with Crippen LogP contribution < -0.4 is 10.9 Å². The third-order valence-corrected chi connectivity index (χ3v) is 8.93. The maximum absolute atomic E-state index is 13.6. The number of ketones is 2. The van der Waals surface area contributed by atoms with Crippen LogP contribution in [-0.2, 0) is 0 Å². The molecule has 7 nitrogen and oxygen atoms in total. The number of benzene rings is 2. The molecule has 3 heterocycles. The van der Waals surface area contributed by atoms with E-state index in [2.05, 4.69) is 14.8 Å². The van der Waals surface area contributed by atoms with Crippen molar-refractivity contribution in [2.75, 3.05) is 26.2 Å². The van der Waals surface area contributed by atoms with Crippen molar-refractivity contribution in [2.45, 2.75) is 77.3 Å². The van der Waals surface area contributed by atoms with Gasteiger partial charge in [0.15, 0.2) is 11.6 Å². The summed E-state index contributed by atoms with van der Waals surface area (Å²) < 4.78 is 0. The second-order valence-corrected chi connectivity index (χ2v) is 12.2. The van der Waals surface area contributed by atoms with E-state index in [1.807, 2.05) is 27.7 Å². The van der Waals surface area contributed by atoms with E-state index in [4.69, 9.17) is 0 Å². The van der Waals surface area contributed by atoms with E-state index in [0.29, 0.717) is 22.2 Å². The van der Waals surface area contributed by atoms with Crippen LogP contribution in [0.5, 0.6) is 0 Å². The number of Topliss-reactive ketones (excluding diaryl/α,β-unsaturated/α-hetero) is 2. The molecule has 0 spiro atoms. The summed E-state index contributed by atoms with van der Waals surface area (Å²) >= 11 is 0. The molecule has 2 aliphatic rings. The molecule has 1 N–H and O–H groups in total. The van der Waals surface area contributed by atoms with Crippen LogP contribution >= 0.6 is 0 Å². The normalized spacial score (nSPS) is 17.9. The molecule has 39 heavy (non-hydrogen) atoms. The zero-order valence-electron chi connectivity index (χ0n) is 23.6. The predicted octanol–water partition coefficient (Wildman–Crippen LogP) is 4.94.